The Morgan fingerprint density at radius 3 is 2.53 bits per heavy atom. The van der Waals surface area contributed by atoms with Crippen LogP contribution in [0.4, 0.5) is 17.2 Å². The maximum Gasteiger partial charge on any atom is 0.257 e. The number of aromatic nitrogens is 1. The second-order valence-corrected chi connectivity index (χ2v) is 10.1. The van der Waals surface area contributed by atoms with E-state index in [1.165, 1.54) is 0 Å². The van der Waals surface area contributed by atoms with Gasteiger partial charge in [0.05, 0.1) is 10.7 Å². The van der Waals surface area contributed by atoms with Crippen LogP contribution in [0.5, 0.6) is 0 Å². The number of hydrogen-bond donors (Lipinski definition) is 1. The number of rotatable bonds is 6. The smallest absolute Gasteiger partial charge is 0.257 e. The average molecular weight is 545 g/mol. The normalized spacial score (nSPS) is 17.7. The van der Waals surface area contributed by atoms with Gasteiger partial charge in [0.25, 0.3) is 5.91 Å². The lowest BCUT2D eigenvalue weighted by Gasteiger charge is -2.37. The van der Waals surface area contributed by atoms with Gasteiger partial charge < -0.3 is 20.0 Å². The molecule has 1 amide bonds. The second-order valence-electron chi connectivity index (χ2n) is 8.55. The molecule has 0 aliphatic carbocycles. The van der Waals surface area contributed by atoms with Crippen molar-refractivity contribution in [3.8, 4) is 0 Å². The zero-order chi connectivity index (χ0) is 25.1. The van der Waals surface area contributed by atoms with Crippen molar-refractivity contribution in [3.05, 3.63) is 83.0 Å². The van der Waals surface area contributed by atoms with E-state index in [2.05, 4.69) is 31.3 Å². The molecule has 1 fully saturated rings. The van der Waals surface area contributed by atoms with E-state index in [4.69, 9.17) is 39.6 Å². The summed E-state index contributed by atoms with van der Waals surface area (Å²) in [5, 5.41) is 7.75. The first kappa shape index (κ1) is 24.7. The number of anilines is 3. The maximum absolute atomic E-state index is 11.9. The number of piperazine rings is 1. The average Bonchev–Trinajstić information content (AvgIpc) is 3.39. The van der Waals surface area contributed by atoms with Crippen LogP contribution in [0.15, 0.2) is 72.0 Å². The third-order valence-corrected chi connectivity index (χ3v) is 6.98. The summed E-state index contributed by atoms with van der Waals surface area (Å²) < 4.78 is 0. The number of benzene rings is 2. The molecule has 1 atom stereocenters. The van der Waals surface area contributed by atoms with Crippen LogP contribution in [0.25, 0.3) is 0 Å². The Morgan fingerprint density at radius 1 is 1.00 bits per heavy atom. The molecule has 36 heavy (non-hydrogen) atoms. The Balaban J connectivity index is 1.30. The summed E-state index contributed by atoms with van der Waals surface area (Å²) in [6.45, 7) is 3.40. The van der Waals surface area contributed by atoms with Crippen LogP contribution >= 0.6 is 34.8 Å². The lowest BCUT2D eigenvalue weighted by molar-refractivity contribution is -0.114. The van der Waals surface area contributed by atoms with E-state index in [0.29, 0.717) is 17.1 Å². The standard InChI is InChI=1S/C26H24Cl3N5O2/c27-19-7-4-8-21(33-11-13-34(14-12-33)23-9-1-2-10-30-23)24(19)20-16-22(36-32-20)17-5-3-6-18(15-17)31-26(35)25(28)29/h1-10,15,22,25H,11-14,16H2,(H,31,35). The zero-order valence-electron chi connectivity index (χ0n) is 19.3. The molecule has 5 rings (SSSR count). The summed E-state index contributed by atoms with van der Waals surface area (Å²) in [4.78, 5) is 25.6. The van der Waals surface area contributed by atoms with Crippen molar-refractivity contribution in [2.24, 2.45) is 5.16 Å². The molecule has 1 unspecified atom stereocenters. The topological polar surface area (TPSA) is 70.1 Å². The highest BCUT2D eigenvalue weighted by atomic mass is 35.5. The van der Waals surface area contributed by atoms with Crippen LogP contribution in [-0.2, 0) is 9.63 Å². The predicted octanol–water partition coefficient (Wildman–Crippen LogP) is 5.67. The summed E-state index contributed by atoms with van der Waals surface area (Å²) >= 11 is 18.0. The van der Waals surface area contributed by atoms with Gasteiger partial charge >= 0.3 is 0 Å². The van der Waals surface area contributed by atoms with E-state index in [0.717, 1.165) is 54.5 Å². The molecule has 1 aromatic heterocycles. The molecular formula is C26H24Cl3N5O2. The fraction of sp³-hybridized carbons (Fsp3) is 0.269. The van der Waals surface area contributed by atoms with Crippen molar-refractivity contribution >= 4 is 63.6 Å². The van der Waals surface area contributed by atoms with Crippen molar-refractivity contribution in [3.63, 3.8) is 0 Å². The fourth-order valence-electron chi connectivity index (χ4n) is 4.50. The SMILES string of the molecule is O=C(Nc1cccc(C2CC(c3c(Cl)cccc3N3CCN(c4ccccn4)CC3)=NO2)c1)C(Cl)Cl. The summed E-state index contributed by atoms with van der Waals surface area (Å²) in [5.74, 6) is 0.509. The number of hydrogen-bond acceptors (Lipinski definition) is 6. The first-order chi connectivity index (χ1) is 17.5. The van der Waals surface area contributed by atoms with E-state index in [9.17, 15) is 4.79 Å². The molecule has 2 aliphatic heterocycles. The van der Waals surface area contributed by atoms with E-state index in [-0.39, 0.29) is 6.10 Å². The van der Waals surface area contributed by atoms with Crippen molar-refractivity contribution in [2.75, 3.05) is 41.3 Å². The molecule has 0 spiro atoms. The van der Waals surface area contributed by atoms with Gasteiger partial charge in [0.15, 0.2) is 10.9 Å². The van der Waals surface area contributed by atoms with Crippen LogP contribution in [0.1, 0.15) is 23.7 Å². The minimum atomic E-state index is -1.14. The molecule has 10 heteroatoms. The Labute approximate surface area is 224 Å². The van der Waals surface area contributed by atoms with Gasteiger partial charge in [-0.15, -0.1) is 0 Å². The van der Waals surface area contributed by atoms with Gasteiger partial charge in [0.1, 0.15) is 5.82 Å². The minimum absolute atomic E-state index is 0.301. The number of nitrogens with zero attached hydrogens (tertiary/aromatic N) is 4. The van der Waals surface area contributed by atoms with Gasteiger partial charge in [0.2, 0.25) is 0 Å². The van der Waals surface area contributed by atoms with Crippen molar-refractivity contribution in [2.45, 2.75) is 17.4 Å². The van der Waals surface area contributed by atoms with Gasteiger partial charge in [-0.1, -0.05) is 64.2 Å². The second kappa shape index (κ2) is 10.9. The Hall–Kier alpha value is -3.00. The summed E-state index contributed by atoms with van der Waals surface area (Å²) in [5.41, 5.74) is 4.20. The van der Waals surface area contributed by atoms with E-state index < -0.39 is 10.7 Å². The largest absolute Gasteiger partial charge is 0.387 e. The van der Waals surface area contributed by atoms with E-state index in [1.54, 1.807) is 6.07 Å². The number of carbonyl (C=O) groups is 1. The first-order valence-corrected chi connectivity index (χ1v) is 12.9. The van der Waals surface area contributed by atoms with E-state index >= 15 is 0 Å². The van der Waals surface area contributed by atoms with Crippen LogP contribution in [0.3, 0.4) is 0 Å². The Kier molecular flexibility index (Phi) is 7.51. The first-order valence-electron chi connectivity index (χ1n) is 11.6. The highest BCUT2D eigenvalue weighted by molar-refractivity contribution is 6.54. The summed E-state index contributed by atoms with van der Waals surface area (Å²) in [7, 11) is 0. The van der Waals surface area contributed by atoms with Crippen molar-refractivity contribution in [1.29, 1.82) is 0 Å². The molecule has 2 aliphatic rings. The number of nitrogens with one attached hydrogen (secondary N) is 1. The number of amides is 1. The summed E-state index contributed by atoms with van der Waals surface area (Å²) in [6, 6.07) is 19.3. The molecule has 3 aromatic rings. The number of carbonyl (C=O) groups excluding carboxylic acids is 1. The molecule has 7 nitrogen and oxygen atoms in total. The zero-order valence-corrected chi connectivity index (χ0v) is 21.5. The summed E-state index contributed by atoms with van der Waals surface area (Å²) in [6.07, 6.45) is 2.07. The molecule has 2 aromatic carbocycles. The number of alkyl halides is 2. The number of pyridine rings is 1. The minimum Gasteiger partial charge on any atom is -0.387 e. The number of oxime groups is 1. The lowest BCUT2D eigenvalue weighted by atomic mass is 9.98. The molecule has 0 saturated carbocycles. The molecular weight excluding hydrogens is 521 g/mol. The highest BCUT2D eigenvalue weighted by Gasteiger charge is 2.29. The van der Waals surface area contributed by atoms with Gasteiger partial charge in [-0.05, 0) is 42.0 Å². The molecule has 0 bridgehead atoms. The van der Waals surface area contributed by atoms with E-state index in [1.807, 2.05) is 54.7 Å². The Bertz CT molecular complexity index is 1260. The van der Waals surface area contributed by atoms with Crippen LogP contribution in [0, 0.1) is 0 Å². The van der Waals surface area contributed by atoms with Gasteiger partial charge in [-0.2, -0.15) is 0 Å². The molecule has 0 radical (unpaired) electrons. The van der Waals surface area contributed by atoms with Crippen LogP contribution in [0.2, 0.25) is 5.02 Å². The van der Waals surface area contributed by atoms with Crippen LogP contribution in [-0.4, -0.2) is 47.6 Å². The molecule has 1 saturated heterocycles. The highest BCUT2D eigenvalue weighted by Crippen LogP contribution is 2.37. The van der Waals surface area contributed by atoms with Gasteiger partial charge in [-0.25, -0.2) is 4.98 Å². The fourth-order valence-corrected chi connectivity index (χ4v) is 4.88. The predicted molar refractivity (Wildman–Crippen MR) is 146 cm³/mol. The van der Waals surface area contributed by atoms with Crippen LogP contribution < -0.4 is 15.1 Å². The molecule has 3 heterocycles. The monoisotopic (exact) mass is 543 g/mol. The third kappa shape index (κ3) is 5.38. The quantitative estimate of drug-likeness (QED) is 0.405. The Morgan fingerprint density at radius 2 is 1.78 bits per heavy atom. The van der Waals surface area contributed by atoms with Gasteiger partial charge in [-0.3, -0.25) is 4.79 Å². The maximum atomic E-state index is 11.9. The third-order valence-electron chi connectivity index (χ3n) is 6.27. The van der Waals surface area contributed by atoms with Crippen molar-refractivity contribution < 1.29 is 9.63 Å². The van der Waals surface area contributed by atoms with Gasteiger partial charge in [0, 0.05) is 55.7 Å². The number of halogens is 3. The lowest BCUT2D eigenvalue weighted by Crippen LogP contribution is -2.47. The molecule has 1 N–H and O–H groups in total. The van der Waals surface area contributed by atoms with Crippen molar-refractivity contribution in [1.82, 2.24) is 4.98 Å². The molecule has 186 valence electrons.